The van der Waals surface area contributed by atoms with Gasteiger partial charge in [-0.25, -0.2) is 9.79 Å². The molecule has 1 aliphatic rings. The lowest BCUT2D eigenvalue weighted by atomic mass is 10.1. The number of amides is 1. The third-order valence-corrected chi connectivity index (χ3v) is 7.12. The largest absolute Gasteiger partial charge is 0.493 e. The van der Waals surface area contributed by atoms with Gasteiger partial charge in [-0.1, -0.05) is 30.3 Å². The van der Waals surface area contributed by atoms with Crippen LogP contribution in [0.1, 0.15) is 35.3 Å². The number of carbonyl (C=O) groups excluding carboxylic acids is 1. The van der Waals surface area contributed by atoms with Gasteiger partial charge < -0.3 is 14.6 Å². The van der Waals surface area contributed by atoms with Crippen LogP contribution in [0.25, 0.3) is 6.08 Å². The average molecular weight is 628 g/mol. The van der Waals surface area contributed by atoms with Crippen LogP contribution < -0.4 is 9.47 Å². The van der Waals surface area contributed by atoms with E-state index in [1.54, 1.807) is 24.1 Å². The molecule has 0 saturated carbocycles. The van der Waals surface area contributed by atoms with Crippen molar-refractivity contribution in [1.82, 2.24) is 4.90 Å². The summed E-state index contributed by atoms with van der Waals surface area (Å²) in [5.74, 6) is 0.0871. The fraction of sp³-hybridized carbons (Fsp3) is 0.179. The van der Waals surface area contributed by atoms with E-state index >= 15 is 0 Å². The zero-order valence-corrected chi connectivity index (χ0v) is 23.4. The number of methoxy groups -OCH3 is 1. The Morgan fingerprint density at radius 1 is 1.14 bits per heavy atom. The molecule has 0 atom stereocenters. The quantitative estimate of drug-likeness (QED) is 0.224. The molecule has 3 aromatic carbocycles. The molecular weight excluding hydrogens is 603 g/mol. The van der Waals surface area contributed by atoms with Crippen LogP contribution in [-0.4, -0.2) is 40.3 Å². The second-order valence-electron chi connectivity index (χ2n) is 8.43. The Kier molecular flexibility index (Phi) is 8.55. The smallest absolute Gasteiger partial charge is 0.335 e. The van der Waals surface area contributed by atoms with Crippen LogP contribution in [0.5, 0.6) is 11.5 Å². The minimum Gasteiger partial charge on any atom is -0.493 e. The van der Waals surface area contributed by atoms with Gasteiger partial charge in [0.05, 0.1) is 39.5 Å². The third-order valence-electron chi connectivity index (χ3n) is 5.31. The van der Waals surface area contributed by atoms with Crippen LogP contribution >= 0.6 is 34.4 Å². The summed E-state index contributed by atoms with van der Waals surface area (Å²) in [5.41, 5.74) is 2.53. The number of aliphatic imine (C=N–C) groups is 1. The van der Waals surface area contributed by atoms with E-state index in [0.717, 1.165) is 20.4 Å². The Hall–Kier alpha value is -3.31. The molecule has 0 aliphatic carbocycles. The molecule has 1 aliphatic heterocycles. The fourth-order valence-corrected chi connectivity index (χ4v) is 5.35. The Morgan fingerprint density at radius 2 is 1.84 bits per heavy atom. The van der Waals surface area contributed by atoms with E-state index in [0.29, 0.717) is 21.6 Å². The topological polar surface area (TPSA) is 88.4 Å². The lowest BCUT2D eigenvalue weighted by molar-refractivity contribution is -0.122. The SMILES string of the molecule is COc1cc(/C=C2\SC(=Nc3ccccc3)N(Cc3ccc(C(=O)O)cc3)C2=O)cc(I)c1OC(C)C. The maximum absolute atomic E-state index is 13.5. The van der Waals surface area contributed by atoms with Gasteiger partial charge in [-0.3, -0.25) is 9.69 Å². The molecule has 7 nitrogen and oxygen atoms in total. The second kappa shape index (κ2) is 11.8. The Balaban J connectivity index is 1.69. The van der Waals surface area contributed by atoms with Crippen molar-refractivity contribution < 1.29 is 24.2 Å². The number of ether oxygens (including phenoxy) is 2. The summed E-state index contributed by atoms with van der Waals surface area (Å²) < 4.78 is 12.3. The molecule has 0 bridgehead atoms. The minimum atomic E-state index is -0.995. The van der Waals surface area contributed by atoms with E-state index in [9.17, 15) is 14.7 Å². The summed E-state index contributed by atoms with van der Waals surface area (Å²) in [5, 5.41) is 9.74. The molecule has 190 valence electrons. The average Bonchev–Trinajstić information content (AvgIpc) is 3.15. The van der Waals surface area contributed by atoms with Gasteiger partial charge in [0.2, 0.25) is 0 Å². The van der Waals surface area contributed by atoms with Crippen LogP contribution in [0.2, 0.25) is 0 Å². The highest BCUT2D eigenvalue weighted by molar-refractivity contribution is 14.1. The highest BCUT2D eigenvalue weighted by atomic mass is 127. The number of nitrogens with zero attached hydrogens (tertiary/aromatic N) is 2. The zero-order chi connectivity index (χ0) is 26.5. The van der Waals surface area contributed by atoms with Gasteiger partial charge >= 0.3 is 5.97 Å². The molecule has 3 aromatic rings. The molecule has 9 heteroatoms. The van der Waals surface area contributed by atoms with Crippen LogP contribution in [0.15, 0.2) is 76.6 Å². The van der Waals surface area contributed by atoms with Crippen LogP contribution in [0.3, 0.4) is 0 Å². The molecule has 0 aromatic heterocycles. The maximum atomic E-state index is 13.5. The number of aromatic carboxylic acids is 1. The van der Waals surface area contributed by atoms with Crippen LogP contribution in [0, 0.1) is 3.57 Å². The summed E-state index contributed by atoms with van der Waals surface area (Å²) in [6, 6.07) is 19.7. The van der Waals surface area contributed by atoms with E-state index in [4.69, 9.17) is 14.5 Å². The molecule has 4 rings (SSSR count). The van der Waals surface area contributed by atoms with Crippen LogP contribution in [0.4, 0.5) is 5.69 Å². The van der Waals surface area contributed by atoms with Crippen molar-refractivity contribution in [3.8, 4) is 11.5 Å². The molecule has 37 heavy (non-hydrogen) atoms. The standard InChI is InChI=1S/C28H25IN2O5S/c1-17(2)36-25-22(29)13-19(14-23(25)35-3)15-24-26(32)31(16-18-9-11-20(12-10-18)27(33)34)28(37-24)30-21-7-5-4-6-8-21/h4-15,17H,16H2,1-3H3,(H,33,34)/b24-15-,30-28?. The lowest BCUT2D eigenvalue weighted by Crippen LogP contribution is -2.28. The normalized spacial score (nSPS) is 15.6. The molecule has 1 saturated heterocycles. The third kappa shape index (κ3) is 6.53. The van der Waals surface area contributed by atoms with Gasteiger partial charge in [-0.2, -0.15) is 0 Å². The van der Waals surface area contributed by atoms with Crippen molar-refractivity contribution in [2.24, 2.45) is 4.99 Å². The highest BCUT2D eigenvalue weighted by Gasteiger charge is 2.33. The number of hydrogen-bond acceptors (Lipinski definition) is 6. The molecule has 1 heterocycles. The number of thioether (sulfide) groups is 1. The summed E-state index contributed by atoms with van der Waals surface area (Å²) in [6.07, 6.45) is 1.82. The number of halogens is 1. The predicted molar refractivity (Wildman–Crippen MR) is 155 cm³/mol. The van der Waals surface area contributed by atoms with Gasteiger partial charge in [-0.05, 0) is 102 Å². The van der Waals surface area contributed by atoms with E-state index < -0.39 is 5.97 Å². The predicted octanol–water partition coefficient (Wildman–Crippen LogP) is 6.59. The van der Waals surface area contributed by atoms with Gasteiger partial charge in [0, 0.05) is 0 Å². The first-order chi connectivity index (χ1) is 17.7. The van der Waals surface area contributed by atoms with Crippen molar-refractivity contribution in [3.05, 3.63) is 91.9 Å². The number of rotatable bonds is 8. The van der Waals surface area contributed by atoms with Gasteiger partial charge in [0.25, 0.3) is 5.91 Å². The second-order valence-corrected chi connectivity index (χ2v) is 10.6. The summed E-state index contributed by atoms with van der Waals surface area (Å²) in [7, 11) is 1.59. The number of carboxylic acids is 1. The number of carbonyl (C=O) groups is 2. The van der Waals surface area contributed by atoms with Crippen molar-refractivity contribution in [2.75, 3.05) is 7.11 Å². The van der Waals surface area contributed by atoms with E-state index in [1.165, 1.54) is 23.9 Å². The Morgan fingerprint density at radius 3 is 2.46 bits per heavy atom. The van der Waals surface area contributed by atoms with Crippen molar-refractivity contribution >= 4 is 63.2 Å². The Bertz CT molecular complexity index is 1370. The zero-order valence-electron chi connectivity index (χ0n) is 20.5. The van der Waals surface area contributed by atoms with Crippen molar-refractivity contribution in [1.29, 1.82) is 0 Å². The molecule has 0 radical (unpaired) electrons. The van der Waals surface area contributed by atoms with Crippen molar-refractivity contribution in [3.63, 3.8) is 0 Å². The van der Waals surface area contributed by atoms with Gasteiger partial charge in [0.1, 0.15) is 0 Å². The maximum Gasteiger partial charge on any atom is 0.335 e. The van der Waals surface area contributed by atoms with Gasteiger partial charge in [-0.15, -0.1) is 0 Å². The van der Waals surface area contributed by atoms with E-state index in [1.807, 2.05) is 62.4 Å². The van der Waals surface area contributed by atoms with Crippen molar-refractivity contribution in [2.45, 2.75) is 26.5 Å². The summed E-state index contributed by atoms with van der Waals surface area (Å²) in [6.45, 7) is 4.17. The monoisotopic (exact) mass is 628 g/mol. The lowest BCUT2D eigenvalue weighted by Gasteiger charge is -2.16. The number of benzene rings is 3. The molecule has 1 fully saturated rings. The Labute approximate surface area is 233 Å². The van der Waals surface area contributed by atoms with Gasteiger partial charge in [0.15, 0.2) is 16.7 Å². The minimum absolute atomic E-state index is 0.00605. The van der Waals surface area contributed by atoms with E-state index in [2.05, 4.69) is 22.6 Å². The first-order valence-electron chi connectivity index (χ1n) is 11.5. The number of carboxylic acid groups (broad SMARTS) is 1. The molecule has 0 unspecified atom stereocenters. The van der Waals surface area contributed by atoms with Crippen LogP contribution in [-0.2, 0) is 11.3 Å². The summed E-state index contributed by atoms with van der Waals surface area (Å²) in [4.78, 5) is 31.6. The molecular formula is C28H25IN2O5S. The molecule has 0 spiro atoms. The van der Waals surface area contributed by atoms with E-state index in [-0.39, 0.29) is 24.1 Å². The fourth-order valence-electron chi connectivity index (χ4n) is 3.60. The number of para-hydroxylation sites is 1. The first kappa shape index (κ1) is 26.7. The number of amidine groups is 1. The molecule has 1 N–H and O–H groups in total. The molecule has 1 amide bonds. The summed E-state index contributed by atoms with van der Waals surface area (Å²) >= 11 is 3.50. The first-order valence-corrected chi connectivity index (χ1v) is 13.4. The highest BCUT2D eigenvalue weighted by Crippen LogP contribution is 2.38. The number of hydrogen-bond donors (Lipinski definition) is 1.